The minimum Gasteiger partial charge on any atom is -0.493 e. The van der Waals surface area contributed by atoms with Crippen LogP contribution in [-0.2, 0) is 0 Å². The standard InChI is InChI=1S/C23H21FN2O3/c1-14-21(7-4-17-10-16(13-27)12-25-22(14)17)26-23(28)19-6-5-18(11-20(19)24)29-9-8-15-2-3-15/h4-7,10-13,15H,2-3,8-9H2,1H3,(H,26,28). The van der Waals surface area contributed by atoms with Gasteiger partial charge in [0.15, 0.2) is 6.29 Å². The van der Waals surface area contributed by atoms with Gasteiger partial charge in [0.25, 0.3) is 5.91 Å². The van der Waals surface area contributed by atoms with Gasteiger partial charge in [-0.1, -0.05) is 18.9 Å². The van der Waals surface area contributed by atoms with Gasteiger partial charge < -0.3 is 10.1 Å². The van der Waals surface area contributed by atoms with Crippen LogP contribution in [0.25, 0.3) is 10.9 Å². The molecule has 1 aliphatic rings. The molecule has 0 atom stereocenters. The molecular weight excluding hydrogens is 371 g/mol. The number of halogens is 1. The van der Waals surface area contributed by atoms with Crippen LogP contribution >= 0.6 is 0 Å². The Morgan fingerprint density at radius 3 is 2.83 bits per heavy atom. The number of benzene rings is 2. The van der Waals surface area contributed by atoms with Crippen molar-refractivity contribution in [3.63, 3.8) is 0 Å². The first kappa shape index (κ1) is 19.1. The molecule has 1 saturated carbocycles. The number of fused-ring (bicyclic) bond motifs is 1. The van der Waals surface area contributed by atoms with Crippen molar-refractivity contribution >= 4 is 28.8 Å². The normalized spacial score (nSPS) is 13.3. The Balaban J connectivity index is 1.49. The monoisotopic (exact) mass is 392 g/mol. The molecule has 6 heteroatoms. The number of hydrogen-bond acceptors (Lipinski definition) is 4. The largest absolute Gasteiger partial charge is 0.493 e. The molecule has 29 heavy (non-hydrogen) atoms. The molecule has 3 aromatic rings. The summed E-state index contributed by atoms with van der Waals surface area (Å²) in [6.07, 6.45) is 5.69. The number of amides is 1. The fourth-order valence-electron chi connectivity index (χ4n) is 3.27. The summed E-state index contributed by atoms with van der Waals surface area (Å²) in [4.78, 5) is 27.8. The topological polar surface area (TPSA) is 68.3 Å². The Morgan fingerprint density at radius 1 is 1.28 bits per heavy atom. The number of nitrogens with one attached hydrogen (secondary N) is 1. The van der Waals surface area contributed by atoms with Crippen LogP contribution in [0.15, 0.2) is 42.6 Å². The van der Waals surface area contributed by atoms with Crippen LogP contribution in [0.5, 0.6) is 5.75 Å². The first-order chi connectivity index (χ1) is 14.0. The average Bonchev–Trinajstić information content (AvgIpc) is 3.54. The van der Waals surface area contributed by atoms with E-state index in [1.807, 2.05) is 6.92 Å². The Morgan fingerprint density at radius 2 is 2.10 bits per heavy atom. The number of ether oxygens (including phenoxy) is 1. The molecule has 0 aliphatic heterocycles. The van der Waals surface area contributed by atoms with Crippen LogP contribution in [0, 0.1) is 18.7 Å². The zero-order valence-electron chi connectivity index (χ0n) is 16.1. The van der Waals surface area contributed by atoms with Gasteiger partial charge in [-0.15, -0.1) is 0 Å². The van der Waals surface area contributed by atoms with E-state index in [0.717, 1.165) is 29.6 Å². The van der Waals surface area contributed by atoms with Crippen LogP contribution < -0.4 is 10.1 Å². The number of pyridine rings is 1. The fourth-order valence-corrected chi connectivity index (χ4v) is 3.27. The van der Waals surface area contributed by atoms with Gasteiger partial charge in [-0.2, -0.15) is 0 Å². The number of aromatic nitrogens is 1. The number of carbonyl (C=O) groups excluding carboxylic acids is 2. The maximum atomic E-state index is 14.5. The zero-order chi connectivity index (χ0) is 20.4. The van der Waals surface area contributed by atoms with Crippen LogP contribution in [-0.4, -0.2) is 23.8 Å². The lowest BCUT2D eigenvalue weighted by atomic mass is 10.1. The summed E-state index contributed by atoms with van der Waals surface area (Å²) in [7, 11) is 0. The summed E-state index contributed by atoms with van der Waals surface area (Å²) < 4.78 is 20.0. The molecule has 0 radical (unpaired) electrons. The number of aryl methyl sites for hydroxylation is 1. The molecule has 1 heterocycles. The molecule has 5 nitrogen and oxygen atoms in total. The second kappa shape index (κ2) is 7.99. The molecule has 4 rings (SSSR count). The number of rotatable bonds is 7. The lowest BCUT2D eigenvalue weighted by Gasteiger charge is -2.12. The molecule has 1 fully saturated rings. The molecule has 1 amide bonds. The van der Waals surface area contributed by atoms with Crippen molar-refractivity contribution in [3.8, 4) is 5.75 Å². The van der Waals surface area contributed by atoms with Crippen molar-refractivity contribution in [1.29, 1.82) is 0 Å². The SMILES string of the molecule is Cc1c(NC(=O)c2ccc(OCCC3CC3)cc2F)ccc2cc(C=O)cnc12. The highest BCUT2D eigenvalue weighted by Gasteiger charge is 2.21. The van der Waals surface area contributed by atoms with E-state index in [-0.39, 0.29) is 5.56 Å². The van der Waals surface area contributed by atoms with Gasteiger partial charge in [-0.05, 0) is 49.1 Å². The number of aldehydes is 1. The van der Waals surface area contributed by atoms with E-state index in [2.05, 4.69) is 10.3 Å². The Bertz CT molecular complexity index is 1090. The maximum absolute atomic E-state index is 14.5. The molecule has 148 valence electrons. The van der Waals surface area contributed by atoms with Gasteiger partial charge in [0.2, 0.25) is 0 Å². The lowest BCUT2D eigenvalue weighted by Crippen LogP contribution is -2.15. The first-order valence-corrected chi connectivity index (χ1v) is 9.63. The van der Waals surface area contributed by atoms with E-state index in [9.17, 15) is 14.0 Å². The molecule has 0 spiro atoms. The van der Waals surface area contributed by atoms with E-state index in [1.54, 1.807) is 24.3 Å². The molecule has 1 aromatic heterocycles. The number of nitrogens with zero attached hydrogens (tertiary/aromatic N) is 1. The zero-order valence-corrected chi connectivity index (χ0v) is 16.1. The molecule has 0 saturated heterocycles. The average molecular weight is 392 g/mol. The van der Waals surface area contributed by atoms with E-state index >= 15 is 0 Å². The van der Waals surface area contributed by atoms with Gasteiger partial charge in [0.1, 0.15) is 11.6 Å². The van der Waals surface area contributed by atoms with Crippen molar-refractivity contribution in [1.82, 2.24) is 4.98 Å². The van der Waals surface area contributed by atoms with Gasteiger partial charge >= 0.3 is 0 Å². The Labute approximate surface area is 167 Å². The highest BCUT2D eigenvalue weighted by Crippen LogP contribution is 2.32. The van der Waals surface area contributed by atoms with Crippen molar-refractivity contribution in [2.45, 2.75) is 26.2 Å². The minimum absolute atomic E-state index is 0.0525. The summed E-state index contributed by atoms with van der Waals surface area (Å²) in [5.41, 5.74) is 2.39. The van der Waals surface area contributed by atoms with E-state index in [4.69, 9.17) is 4.74 Å². The first-order valence-electron chi connectivity index (χ1n) is 9.63. The highest BCUT2D eigenvalue weighted by atomic mass is 19.1. The second-order valence-electron chi connectivity index (χ2n) is 7.37. The molecular formula is C23H21FN2O3. The Kier molecular flexibility index (Phi) is 5.25. The predicted octanol–water partition coefficient (Wildman–Crippen LogP) is 4.93. The third-order valence-electron chi connectivity index (χ3n) is 5.19. The molecule has 1 aliphatic carbocycles. The number of anilines is 1. The second-order valence-corrected chi connectivity index (χ2v) is 7.37. The van der Waals surface area contributed by atoms with Gasteiger partial charge in [-0.3, -0.25) is 14.6 Å². The summed E-state index contributed by atoms with van der Waals surface area (Å²) in [6, 6.07) is 9.51. The maximum Gasteiger partial charge on any atom is 0.258 e. The summed E-state index contributed by atoms with van der Waals surface area (Å²) >= 11 is 0. The van der Waals surface area contributed by atoms with Gasteiger partial charge in [-0.25, -0.2) is 4.39 Å². The third kappa shape index (κ3) is 4.26. The molecule has 0 bridgehead atoms. The third-order valence-corrected chi connectivity index (χ3v) is 5.19. The van der Waals surface area contributed by atoms with Gasteiger partial charge in [0.05, 0.1) is 17.7 Å². The van der Waals surface area contributed by atoms with Crippen molar-refractivity contribution in [3.05, 3.63) is 65.1 Å². The van der Waals surface area contributed by atoms with Crippen LogP contribution in [0.4, 0.5) is 10.1 Å². The van der Waals surface area contributed by atoms with E-state index in [0.29, 0.717) is 29.1 Å². The number of hydrogen-bond donors (Lipinski definition) is 1. The number of carbonyl (C=O) groups is 2. The quantitative estimate of drug-likeness (QED) is 0.579. The Hall–Kier alpha value is -3.28. The van der Waals surface area contributed by atoms with Crippen LogP contribution in [0.1, 0.15) is 45.5 Å². The lowest BCUT2D eigenvalue weighted by molar-refractivity contribution is 0.102. The minimum atomic E-state index is -0.626. The summed E-state index contributed by atoms with van der Waals surface area (Å²) in [6.45, 7) is 2.38. The molecule has 1 N–H and O–H groups in total. The van der Waals surface area contributed by atoms with Crippen molar-refractivity contribution in [2.24, 2.45) is 5.92 Å². The smallest absolute Gasteiger partial charge is 0.258 e. The van der Waals surface area contributed by atoms with Crippen LogP contribution in [0.2, 0.25) is 0 Å². The van der Waals surface area contributed by atoms with Crippen molar-refractivity contribution in [2.75, 3.05) is 11.9 Å². The highest BCUT2D eigenvalue weighted by molar-refractivity contribution is 6.06. The molecule has 2 aromatic carbocycles. The summed E-state index contributed by atoms with van der Waals surface area (Å²) in [5.74, 6) is 0.00369. The van der Waals surface area contributed by atoms with E-state index < -0.39 is 11.7 Å². The fraction of sp³-hybridized carbons (Fsp3) is 0.261. The van der Waals surface area contributed by atoms with E-state index in [1.165, 1.54) is 31.2 Å². The predicted molar refractivity (Wildman–Crippen MR) is 109 cm³/mol. The van der Waals surface area contributed by atoms with Crippen LogP contribution in [0.3, 0.4) is 0 Å². The van der Waals surface area contributed by atoms with Crippen molar-refractivity contribution < 1.29 is 18.7 Å². The van der Waals surface area contributed by atoms with Gasteiger partial charge in [0, 0.05) is 28.9 Å². The summed E-state index contributed by atoms with van der Waals surface area (Å²) in [5, 5.41) is 3.54. The molecule has 0 unspecified atom stereocenters.